The average Bonchev–Trinajstić information content (AvgIpc) is 2.83. The summed E-state index contributed by atoms with van der Waals surface area (Å²) in [5.41, 5.74) is 6.44. The van der Waals surface area contributed by atoms with E-state index in [0.717, 1.165) is 6.54 Å². The van der Waals surface area contributed by atoms with Crippen LogP contribution in [0.15, 0.2) is 6.33 Å². The van der Waals surface area contributed by atoms with Crippen molar-refractivity contribution in [3.05, 3.63) is 6.33 Å². The number of hydrogen-bond acceptors (Lipinski definition) is 6. The van der Waals surface area contributed by atoms with Crippen LogP contribution in [0.5, 0.6) is 5.88 Å². The van der Waals surface area contributed by atoms with E-state index in [0.29, 0.717) is 29.9 Å². The Labute approximate surface area is 106 Å². The van der Waals surface area contributed by atoms with Crippen LogP contribution in [-0.4, -0.2) is 34.6 Å². The molecule has 0 aliphatic carbocycles. The number of anilines is 2. The van der Waals surface area contributed by atoms with Gasteiger partial charge in [0.25, 0.3) is 0 Å². The second kappa shape index (κ2) is 5.95. The lowest BCUT2D eigenvalue weighted by molar-refractivity contribution is 0.328. The van der Waals surface area contributed by atoms with Gasteiger partial charge in [-0.15, -0.1) is 0 Å². The van der Waals surface area contributed by atoms with Gasteiger partial charge in [-0.25, -0.2) is 4.98 Å². The van der Waals surface area contributed by atoms with Gasteiger partial charge in [0.1, 0.15) is 12.0 Å². The van der Waals surface area contributed by atoms with E-state index in [1.165, 1.54) is 24.3 Å². The van der Waals surface area contributed by atoms with Crippen molar-refractivity contribution in [2.75, 3.05) is 35.7 Å². The number of aromatic nitrogens is 2. The molecule has 1 aromatic heterocycles. The van der Waals surface area contributed by atoms with Crippen LogP contribution in [0.4, 0.5) is 11.5 Å². The monoisotopic (exact) mass is 254 g/mol. The van der Waals surface area contributed by atoms with Gasteiger partial charge in [0.2, 0.25) is 5.88 Å². The maximum Gasteiger partial charge on any atom is 0.242 e. The van der Waals surface area contributed by atoms with Crippen LogP contribution in [-0.2, 0) is 0 Å². The standard InChI is InChI=1S/C11H18N4OS/c1-2-16-11-9(12)10(14-7-15-11)13-5-8-3-4-17-6-8/h7-8H,2-6,12H2,1H3,(H,13,14,15). The molecule has 6 heteroatoms. The molecule has 1 saturated heterocycles. The van der Waals surface area contributed by atoms with Gasteiger partial charge in [0, 0.05) is 6.54 Å². The van der Waals surface area contributed by atoms with E-state index in [2.05, 4.69) is 15.3 Å². The first-order valence-corrected chi connectivity index (χ1v) is 7.01. The molecule has 2 rings (SSSR count). The van der Waals surface area contributed by atoms with Gasteiger partial charge >= 0.3 is 0 Å². The molecule has 2 heterocycles. The molecule has 1 fully saturated rings. The minimum atomic E-state index is 0.464. The molecule has 0 bridgehead atoms. The van der Waals surface area contributed by atoms with Gasteiger partial charge in [-0.2, -0.15) is 16.7 Å². The Morgan fingerprint density at radius 3 is 3.18 bits per heavy atom. The zero-order chi connectivity index (χ0) is 12.1. The number of nitrogen functional groups attached to an aromatic ring is 1. The number of hydrogen-bond donors (Lipinski definition) is 2. The highest BCUT2D eigenvalue weighted by Gasteiger charge is 2.16. The lowest BCUT2D eigenvalue weighted by atomic mass is 10.1. The van der Waals surface area contributed by atoms with E-state index in [1.807, 2.05) is 18.7 Å². The minimum absolute atomic E-state index is 0.464. The maximum absolute atomic E-state index is 5.94. The van der Waals surface area contributed by atoms with Gasteiger partial charge in [-0.05, 0) is 30.8 Å². The van der Waals surface area contributed by atoms with E-state index in [4.69, 9.17) is 10.5 Å². The SMILES string of the molecule is CCOc1ncnc(NCC2CCSC2)c1N. The number of ether oxygens (including phenoxy) is 1. The van der Waals surface area contributed by atoms with E-state index in [1.54, 1.807) is 0 Å². The largest absolute Gasteiger partial charge is 0.476 e. The summed E-state index contributed by atoms with van der Waals surface area (Å²) < 4.78 is 5.33. The Morgan fingerprint density at radius 2 is 2.47 bits per heavy atom. The lowest BCUT2D eigenvalue weighted by Gasteiger charge is -2.13. The van der Waals surface area contributed by atoms with Gasteiger partial charge in [-0.1, -0.05) is 0 Å². The fourth-order valence-electron chi connectivity index (χ4n) is 1.76. The van der Waals surface area contributed by atoms with Crippen molar-refractivity contribution in [1.29, 1.82) is 0 Å². The first-order valence-electron chi connectivity index (χ1n) is 5.86. The van der Waals surface area contributed by atoms with Crippen molar-refractivity contribution >= 4 is 23.3 Å². The Bertz CT molecular complexity index is 368. The van der Waals surface area contributed by atoms with Crippen LogP contribution in [0.25, 0.3) is 0 Å². The number of nitrogens with one attached hydrogen (secondary N) is 1. The summed E-state index contributed by atoms with van der Waals surface area (Å²) in [6.07, 6.45) is 2.74. The summed E-state index contributed by atoms with van der Waals surface area (Å²) in [4.78, 5) is 8.15. The van der Waals surface area contributed by atoms with E-state index >= 15 is 0 Å². The molecule has 5 nitrogen and oxygen atoms in total. The Kier molecular flexibility index (Phi) is 4.30. The summed E-state index contributed by atoms with van der Waals surface area (Å²) in [5, 5.41) is 3.28. The van der Waals surface area contributed by atoms with Crippen LogP contribution in [0.2, 0.25) is 0 Å². The third-order valence-electron chi connectivity index (χ3n) is 2.71. The summed E-state index contributed by atoms with van der Waals surface area (Å²) in [6, 6.07) is 0. The highest BCUT2D eigenvalue weighted by atomic mass is 32.2. The highest BCUT2D eigenvalue weighted by Crippen LogP contribution is 2.27. The van der Waals surface area contributed by atoms with Gasteiger partial charge in [-0.3, -0.25) is 0 Å². The maximum atomic E-state index is 5.94. The molecule has 1 unspecified atom stereocenters. The molecule has 0 saturated carbocycles. The number of nitrogens with zero attached hydrogens (tertiary/aromatic N) is 2. The predicted molar refractivity (Wildman–Crippen MR) is 71.5 cm³/mol. The van der Waals surface area contributed by atoms with Crippen molar-refractivity contribution in [1.82, 2.24) is 9.97 Å². The quantitative estimate of drug-likeness (QED) is 0.832. The summed E-state index contributed by atoms with van der Waals surface area (Å²) >= 11 is 2.00. The molecule has 0 radical (unpaired) electrons. The zero-order valence-corrected chi connectivity index (χ0v) is 10.8. The van der Waals surface area contributed by atoms with Crippen molar-refractivity contribution < 1.29 is 4.74 Å². The summed E-state index contributed by atoms with van der Waals surface area (Å²) in [5.74, 6) is 4.34. The molecule has 1 atom stereocenters. The lowest BCUT2D eigenvalue weighted by Crippen LogP contribution is -2.16. The molecule has 0 spiro atoms. The highest BCUT2D eigenvalue weighted by molar-refractivity contribution is 7.99. The molecule has 1 aromatic rings. The molecule has 0 amide bonds. The number of nitrogens with two attached hydrogens (primary N) is 1. The van der Waals surface area contributed by atoms with Crippen molar-refractivity contribution in [3.63, 3.8) is 0 Å². The summed E-state index contributed by atoms with van der Waals surface area (Å²) in [6.45, 7) is 3.38. The molecule has 1 aliphatic heterocycles. The van der Waals surface area contributed by atoms with E-state index in [9.17, 15) is 0 Å². The molecule has 94 valence electrons. The first kappa shape index (κ1) is 12.3. The Hall–Kier alpha value is -1.17. The molecule has 17 heavy (non-hydrogen) atoms. The fourth-order valence-corrected chi connectivity index (χ4v) is 3.04. The van der Waals surface area contributed by atoms with Crippen LogP contribution >= 0.6 is 11.8 Å². The van der Waals surface area contributed by atoms with Crippen LogP contribution in [0, 0.1) is 5.92 Å². The fraction of sp³-hybridized carbons (Fsp3) is 0.636. The normalized spacial score (nSPS) is 19.2. The van der Waals surface area contributed by atoms with E-state index in [-0.39, 0.29) is 0 Å². The van der Waals surface area contributed by atoms with Crippen LogP contribution < -0.4 is 15.8 Å². The minimum Gasteiger partial charge on any atom is -0.476 e. The molecule has 1 aliphatic rings. The molecular weight excluding hydrogens is 236 g/mol. The van der Waals surface area contributed by atoms with Crippen molar-refractivity contribution in [3.8, 4) is 5.88 Å². The van der Waals surface area contributed by atoms with E-state index < -0.39 is 0 Å². The smallest absolute Gasteiger partial charge is 0.242 e. The second-order valence-corrected chi connectivity index (χ2v) is 5.13. The molecule has 3 N–H and O–H groups in total. The van der Waals surface area contributed by atoms with Crippen LogP contribution in [0.3, 0.4) is 0 Å². The van der Waals surface area contributed by atoms with Gasteiger partial charge < -0.3 is 15.8 Å². The third-order valence-corrected chi connectivity index (χ3v) is 3.94. The van der Waals surface area contributed by atoms with Gasteiger partial charge in [0.15, 0.2) is 5.82 Å². The summed E-state index contributed by atoms with van der Waals surface area (Å²) in [7, 11) is 0. The van der Waals surface area contributed by atoms with Gasteiger partial charge in [0.05, 0.1) is 6.61 Å². The van der Waals surface area contributed by atoms with Crippen molar-refractivity contribution in [2.24, 2.45) is 5.92 Å². The zero-order valence-electron chi connectivity index (χ0n) is 9.98. The topological polar surface area (TPSA) is 73.1 Å². The number of rotatable bonds is 5. The number of thioether (sulfide) groups is 1. The average molecular weight is 254 g/mol. The Balaban J connectivity index is 1.97. The molecular formula is C11H18N4OS. The first-order chi connectivity index (χ1) is 8.31. The molecule has 0 aromatic carbocycles. The second-order valence-electron chi connectivity index (χ2n) is 3.98. The van der Waals surface area contributed by atoms with Crippen LogP contribution in [0.1, 0.15) is 13.3 Å². The van der Waals surface area contributed by atoms with Crippen molar-refractivity contribution in [2.45, 2.75) is 13.3 Å². The predicted octanol–water partition coefficient (Wildman–Crippen LogP) is 1.62. The Morgan fingerprint density at radius 1 is 1.59 bits per heavy atom. The third kappa shape index (κ3) is 3.15.